The van der Waals surface area contributed by atoms with Gasteiger partial charge in [0, 0.05) is 23.9 Å². The Morgan fingerprint density at radius 2 is 2.11 bits per heavy atom. The number of piperidine rings is 1. The maximum atomic E-state index is 4.41. The molecule has 2 rings (SSSR count). The topological polar surface area (TPSA) is 29.9 Å². The number of aromatic nitrogens is 2. The van der Waals surface area contributed by atoms with E-state index in [1.165, 1.54) is 50.6 Å². The van der Waals surface area contributed by atoms with Crippen LogP contribution in [0.4, 0.5) is 0 Å². The van der Waals surface area contributed by atoms with Crippen LogP contribution in [0.25, 0.3) is 0 Å². The average molecular weight is 263 g/mol. The highest BCUT2D eigenvalue weighted by atomic mass is 15.1. The summed E-state index contributed by atoms with van der Waals surface area (Å²) in [7, 11) is 0. The molecule has 0 saturated carbocycles. The molecule has 1 saturated heterocycles. The molecule has 0 bridgehead atoms. The van der Waals surface area contributed by atoms with Crippen molar-refractivity contribution in [1.29, 1.82) is 0 Å². The van der Waals surface area contributed by atoms with Gasteiger partial charge in [0.15, 0.2) is 0 Å². The predicted molar refractivity (Wildman–Crippen MR) is 80.5 cm³/mol. The lowest BCUT2D eigenvalue weighted by atomic mass is 9.94. The highest BCUT2D eigenvalue weighted by Gasteiger charge is 2.20. The summed E-state index contributed by atoms with van der Waals surface area (Å²) in [5.41, 5.74) is 1.46. The number of imidazole rings is 1. The van der Waals surface area contributed by atoms with Gasteiger partial charge in [-0.1, -0.05) is 32.6 Å². The van der Waals surface area contributed by atoms with Crippen molar-refractivity contribution in [1.82, 2.24) is 14.9 Å². The first kappa shape index (κ1) is 14.6. The molecule has 2 heterocycles. The van der Waals surface area contributed by atoms with Crippen LogP contribution in [0.3, 0.4) is 0 Å². The second-order valence-corrected chi connectivity index (χ2v) is 5.95. The van der Waals surface area contributed by atoms with Crippen LogP contribution in [-0.4, -0.2) is 22.6 Å². The van der Waals surface area contributed by atoms with Gasteiger partial charge in [0.05, 0.1) is 6.33 Å². The zero-order valence-corrected chi connectivity index (χ0v) is 12.6. The number of nitrogens with one attached hydrogen (secondary N) is 1. The molecule has 1 atom stereocenters. The van der Waals surface area contributed by atoms with Gasteiger partial charge in [-0.25, -0.2) is 4.98 Å². The largest absolute Gasteiger partial charge is 0.332 e. The quantitative estimate of drug-likeness (QED) is 0.757. The number of hydrogen-bond acceptors (Lipinski definition) is 2. The Balaban J connectivity index is 1.90. The van der Waals surface area contributed by atoms with Gasteiger partial charge in [0.1, 0.15) is 0 Å². The van der Waals surface area contributed by atoms with E-state index in [9.17, 15) is 0 Å². The minimum absolute atomic E-state index is 0.601. The van der Waals surface area contributed by atoms with E-state index in [-0.39, 0.29) is 0 Å². The molecule has 0 aliphatic carbocycles. The van der Waals surface area contributed by atoms with Gasteiger partial charge in [-0.2, -0.15) is 0 Å². The number of unbranched alkanes of at least 4 members (excludes halogenated alkanes) is 3. The van der Waals surface area contributed by atoms with Crippen molar-refractivity contribution in [3.63, 3.8) is 0 Å². The van der Waals surface area contributed by atoms with Crippen LogP contribution in [0.15, 0.2) is 12.5 Å². The van der Waals surface area contributed by atoms with Gasteiger partial charge in [-0.15, -0.1) is 0 Å². The molecule has 0 amide bonds. The fourth-order valence-electron chi connectivity index (χ4n) is 3.12. The van der Waals surface area contributed by atoms with Gasteiger partial charge >= 0.3 is 0 Å². The first-order valence-electron chi connectivity index (χ1n) is 8.05. The Morgan fingerprint density at radius 1 is 1.32 bits per heavy atom. The molecular weight excluding hydrogens is 234 g/mol. The molecule has 1 fully saturated rings. The summed E-state index contributed by atoms with van der Waals surface area (Å²) in [6.07, 6.45) is 13.4. The van der Waals surface area contributed by atoms with Crippen LogP contribution in [0.1, 0.15) is 76.4 Å². The Morgan fingerprint density at radius 3 is 2.84 bits per heavy atom. The van der Waals surface area contributed by atoms with Gasteiger partial charge < -0.3 is 9.88 Å². The summed E-state index contributed by atoms with van der Waals surface area (Å²) < 4.78 is 2.43. The summed E-state index contributed by atoms with van der Waals surface area (Å²) in [4.78, 5) is 4.41. The van der Waals surface area contributed by atoms with Crippen molar-refractivity contribution in [2.45, 2.75) is 70.8 Å². The van der Waals surface area contributed by atoms with Crippen LogP contribution >= 0.6 is 0 Å². The van der Waals surface area contributed by atoms with E-state index in [4.69, 9.17) is 0 Å². The monoisotopic (exact) mass is 263 g/mol. The van der Waals surface area contributed by atoms with Crippen LogP contribution in [-0.2, 0) is 0 Å². The van der Waals surface area contributed by atoms with E-state index in [0.717, 1.165) is 13.1 Å². The highest BCUT2D eigenvalue weighted by molar-refractivity contribution is 5.09. The van der Waals surface area contributed by atoms with E-state index in [1.54, 1.807) is 0 Å². The molecule has 1 aliphatic heterocycles. The minimum Gasteiger partial charge on any atom is -0.332 e. The zero-order chi connectivity index (χ0) is 13.5. The second kappa shape index (κ2) is 7.68. The van der Waals surface area contributed by atoms with Crippen molar-refractivity contribution in [3.8, 4) is 0 Å². The molecule has 1 unspecified atom stereocenters. The van der Waals surface area contributed by atoms with Crippen molar-refractivity contribution in [3.05, 3.63) is 18.2 Å². The van der Waals surface area contributed by atoms with Gasteiger partial charge in [-0.3, -0.25) is 0 Å². The fraction of sp³-hybridized carbons (Fsp3) is 0.812. The van der Waals surface area contributed by atoms with Gasteiger partial charge in [0.2, 0.25) is 0 Å². The Kier molecular flexibility index (Phi) is 5.90. The minimum atomic E-state index is 0.601. The molecule has 3 heteroatoms. The summed E-state index contributed by atoms with van der Waals surface area (Å²) in [6, 6.07) is 0.601. The third kappa shape index (κ3) is 4.07. The summed E-state index contributed by atoms with van der Waals surface area (Å²) in [6.45, 7) is 6.92. The smallest absolute Gasteiger partial charge is 0.0950 e. The molecule has 3 nitrogen and oxygen atoms in total. The summed E-state index contributed by atoms with van der Waals surface area (Å²) in [5.74, 6) is 0.710. The van der Waals surface area contributed by atoms with E-state index >= 15 is 0 Å². The van der Waals surface area contributed by atoms with Crippen molar-refractivity contribution >= 4 is 0 Å². The number of hydrogen-bond donors (Lipinski definition) is 1. The van der Waals surface area contributed by atoms with Crippen LogP contribution < -0.4 is 5.32 Å². The van der Waals surface area contributed by atoms with Crippen molar-refractivity contribution < 1.29 is 0 Å². The lowest BCUT2D eigenvalue weighted by molar-refractivity contribution is 0.407. The number of nitrogens with zero attached hydrogens (tertiary/aromatic N) is 2. The van der Waals surface area contributed by atoms with Crippen LogP contribution in [0, 0.1) is 0 Å². The summed E-state index contributed by atoms with van der Waals surface area (Å²) >= 11 is 0. The third-order valence-electron chi connectivity index (χ3n) is 4.40. The number of rotatable bonds is 7. The molecule has 0 aromatic carbocycles. The Labute approximate surface area is 117 Å². The van der Waals surface area contributed by atoms with E-state index < -0.39 is 0 Å². The SMILES string of the molecule is CCCCCCC(C)n1cncc1C1CCNCC1. The normalized spacial score (nSPS) is 18.6. The molecule has 108 valence electrons. The van der Waals surface area contributed by atoms with Crippen LogP contribution in [0.2, 0.25) is 0 Å². The Bertz CT molecular complexity index is 353. The molecule has 1 aromatic heterocycles. The molecule has 1 aliphatic rings. The summed E-state index contributed by atoms with van der Waals surface area (Å²) in [5, 5.41) is 3.44. The van der Waals surface area contributed by atoms with E-state index in [2.05, 4.69) is 34.9 Å². The lowest BCUT2D eigenvalue weighted by Gasteiger charge is -2.26. The molecule has 0 radical (unpaired) electrons. The molecular formula is C16H29N3. The maximum absolute atomic E-state index is 4.41. The van der Waals surface area contributed by atoms with Crippen molar-refractivity contribution in [2.75, 3.05) is 13.1 Å². The lowest BCUT2D eigenvalue weighted by Crippen LogP contribution is -2.28. The van der Waals surface area contributed by atoms with Crippen molar-refractivity contribution in [2.24, 2.45) is 0 Å². The zero-order valence-electron chi connectivity index (χ0n) is 12.6. The maximum Gasteiger partial charge on any atom is 0.0950 e. The third-order valence-corrected chi connectivity index (χ3v) is 4.40. The predicted octanol–water partition coefficient (Wildman–Crippen LogP) is 3.88. The van der Waals surface area contributed by atoms with Gasteiger partial charge in [-0.05, 0) is 39.3 Å². The first-order chi connectivity index (χ1) is 9.33. The standard InChI is InChI=1S/C16H29N3/c1-3-4-5-6-7-14(2)19-13-18-12-16(19)15-8-10-17-11-9-15/h12-15,17H,3-11H2,1-2H3. The molecule has 0 spiro atoms. The highest BCUT2D eigenvalue weighted by Crippen LogP contribution is 2.28. The average Bonchev–Trinajstić information content (AvgIpc) is 2.94. The first-order valence-corrected chi connectivity index (χ1v) is 8.05. The molecule has 1 N–H and O–H groups in total. The van der Waals surface area contributed by atoms with E-state index in [1.807, 2.05) is 6.33 Å². The van der Waals surface area contributed by atoms with E-state index in [0.29, 0.717) is 12.0 Å². The van der Waals surface area contributed by atoms with Crippen LogP contribution in [0.5, 0.6) is 0 Å². The Hall–Kier alpha value is -0.830. The second-order valence-electron chi connectivity index (χ2n) is 5.95. The van der Waals surface area contributed by atoms with Gasteiger partial charge in [0.25, 0.3) is 0 Å². The molecule has 1 aromatic rings. The molecule has 19 heavy (non-hydrogen) atoms. The fourth-order valence-corrected chi connectivity index (χ4v) is 3.12.